The van der Waals surface area contributed by atoms with Gasteiger partial charge in [0, 0.05) is 18.7 Å². The SMILES string of the molecule is CCCCN(C(=O)c1c2ccccc2[n+](C)c2ccccc12)S(=O)(=O)c1ccc(C)cc1.O=S(=O)([O-])C(F)(F)F. The average Bonchev–Trinajstić information content (AvgIpc) is 2.88. The van der Waals surface area contributed by atoms with Gasteiger partial charge in [-0.3, -0.25) is 4.79 Å². The number of hydrogen-bond acceptors (Lipinski definition) is 6. The van der Waals surface area contributed by atoms with Gasteiger partial charge in [0.15, 0.2) is 10.1 Å². The number of nitrogens with zero attached hydrogens (tertiary/aromatic N) is 2. The third kappa shape index (κ3) is 6.43. The minimum absolute atomic E-state index is 0.127. The summed E-state index contributed by atoms with van der Waals surface area (Å²) in [5.74, 6) is -0.493. The zero-order valence-corrected chi connectivity index (χ0v) is 23.5. The van der Waals surface area contributed by atoms with E-state index in [2.05, 4.69) is 0 Å². The Balaban J connectivity index is 0.000000482. The summed E-state index contributed by atoms with van der Waals surface area (Å²) in [4.78, 5) is 14.1. The number of benzene rings is 3. The van der Waals surface area contributed by atoms with Crippen LogP contribution in [0.2, 0.25) is 0 Å². The summed E-state index contributed by atoms with van der Waals surface area (Å²) in [7, 11) is -8.14. The number of carbonyl (C=O) groups excluding carboxylic acids is 1. The van der Waals surface area contributed by atoms with Crippen LogP contribution < -0.4 is 4.57 Å². The van der Waals surface area contributed by atoms with E-state index in [4.69, 9.17) is 13.0 Å². The van der Waals surface area contributed by atoms with Crippen molar-refractivity contribution in [1.82, 2.24) is 4.31 Å². The summed E-state index contributed by atoms with van der Waals surface area (Å²) in [6.07, 6.45) is 1.37. The van der Waals surface area contributed by atoms with Gasteiger partial charge in [-0.25, -0.2) is 21.1 Å². The number of rotatable bonds is 6. The van der Waals surface area contributed by atoms with E-state index in [1.807, 2.05) is 74.0 Å². The molecule has 13 heteroatoms. The standard InChI is InChI=1S/C26H27N2O3S.CHF3O3S/c1-4-5-18-28(32(30,31)20-16-14-19(2)15-17-20)26(29)25-21-10-6-8-12-23(21)27(3)24-13-9-7-11-22(24)25;2-1(3,4)8(5,6)7/h6-17H,4-5,18H2,1-3H3;(H,5,6,7)/q+1;/p-1. The van der Waals surface area contributed by atoms with Crippen molar-refractivity contribution in [2.45, 2.75) is 37.1 Å². The van der Waals surface area contributed by atoms with E-state index in [0.717, 1.165) is 38.1 Å². The molecule has 40 heavy (non-hydrogen) atoms. The highest BCUT2D eigenvalue weighted by atomic mass is 32.2. The fourth-order valence-electron chi connectivity index (χ4n) is 4.06. The number of halogens is 3. The molecule has 0 fully saturated rings. The van der Waals surface area contributed by atoms with Crippen molar-refractivity contribution in [2.75, 3.05) is 6.54 Å². The largest absolute Gasteiger partial charge is 0.741 e. The molecule has 0 aliphatic carbocycles. The van der Waals surface area contributed by atoms with Gasteiger partial charge in [-0.2, -0.15) is 17.7 Å². The maximum Gasteiger partial charge on any atom is 0.485 e. The van der Waals surface area contributed by atoms with Crippen molar-refractivity contribution in [3.8, 4) is 0 Å². The highest BCUT2D eigenvalue weighted by Gasteiger charge is 2.37. The fraction of sp³-hybridized carbons (Fsp3) is 0.259. The zero-order valence-electron chi connectivity index (χ0n) is 21.8. The molecule has 4 aromatic rings. The van der Waals surface area contributed by atoms with E-state index in [9.17, 15) is 26.4 Å². The van der Waals surface area contributed by atoms with Crippen molar-refractivity contribution in [3.63, 3.8) is 0 Å². The maximum absolute atomic E-state index is 14.0. The van der Waals surface area contributed by atoms with Crippen LogP contribution >= 0.6 is 0 Å². The van der Waals surface area contributed by atoms with Crippen molar-refractivity contribution >= 4 is 47.9 Å². The van der Waals surface area contributed by atoms with Gasteiger partial charge in [-0.15, -0.1) is 0 Å². The fourth-order valence-corrected chi connectivity index (χ4v) is 5.47. The summed E-state index contributed by atoms with van der Waals surface area (Å²) in [5, 5.41) is 1.47. The Morgan fingerprint density at radius 2 is 1.32 bits per heavy atom. The monoisotopic (exact) mass is 596 g/mol. The van der Waals surface area contributed by atoms with Crippen LogP contribution in [0.25, 0.3) is 21.8 Å². The molecule has 0 N–H and O–H groups in total. The number of carbonyl (C=O) groups is 1. The second-order valence-electron chi connectivity index (χ2n) is 8.92. The molecule has 1 amide bonds. The number of pyridine rings is 1. The number of aromatic nitrogens is 1. The molecule has 0 atom stereocenters. The summed E-state index contributed by atoms with van der Waals surface area (Å²) in [5.41, 5.74) is -2.52. The van der Waals surface area contributed by atoms with E-state index in [1.165, 1.54) is 0 Å². The molecule has 4 rings (SSSR count). The molecule has 1 aromatic heterocycles. The summed E-state index contributed by atoms with van der Waals surface area (Å²) in [6, 6.07) is 21.9. The van der Waals surface area contributed by atoms with E-state index < -0.39 is 31.6 Å². The van der Waals surface area contributed by atoms with Crippen LogP contribution in [0.4, 0.5) is 13.2 Å². The third-order valence-corrected chi connectivity index (χ3v) is 8.48. The van der Waals surface area contributed by atoms with Gasteiger partial charge in [0.05, 0.1) is 21.2 Å². The van der Waals surface area contributed by atoms with Gasteiger partial charge >= 0.3 is 5.51 Å². The number of sulfonamides is 1. The van der Waals surface area contributed by atoms with Crippen LogP contribution in [0.5, 0.6) is 0 Å². The summed E-state index contributed by atoms with van der Waals surface area (Å²) >= 11 is 0. The molecule has 0 saturated carbocycles. The van der Waals surface area contributed by atoms with Crippen LogP contribution in [0.3, 0.4) is 0 Å². The number of fused-ring (bicyclic) bond motifs is 2. The third-order valence-electron chi connectivity index (χ3n) is 6.12. The highest BCUT2D eigenvalue weighted by molar-refractivity contribution is 7.89. The minimum atomic E-state index is -6.09. The molecule has 0 saturated heterocycles. The van der Waals surface area contributed by atoms with Crippen LogP contribution in [0.1, 0.15) is 35.7 Å². The number of amides is 1. The Bertz CT molecular complexity index is 1700. The Morgan fingerprint density at radius 3 is 1.75 bits per heavy atom. The lowest BCUT2D eigenvalue weighted by molar-refractivity contribution is -0.617. The second-order valence-corrected chi connectivity index (χ2v) is 12.2. The molecular formula is C27H27F3N2O6S2. The van der Waals surface area contributed by atoms with E-state index >= 15 is 0 Å². The molecule has 1 heterocycles. The second kappa shape index (κ2) is 11.9. The topological polar surface area (TPSA) is 116 Å². The first-order valence-corrected chi connectivity index (χ1v) is 14.9. The van der Waals surface area contributed by atoms with Crippen molar-refractivity contribution in [1.29, 1.82) is 0 Å². The number of aryl methyl sites for hydroxylation is 2. The smallest absolute Gasteiger partial charge is 0.485 e. The van der Waals surface area contributed by atoms with Gasteiger partial charge < -0.3 is 4.55 Å². The number of para-hydroxylation sites is 2. The first-order valence-electron chi connectivity index (χ1n) is 12.1. The van der Waals surface area contributed by atoms with Crippen LogP contribution in [0.15, 0.2) is 77.7 Å². The molecular weight excluding hydrogens is 569 g/mol. The Kier molecular flexibility index (Phi) is 9.22. The van der Waals surface area contributed by atoms with Crippen molar-refractivity contribution in [2.24, 2.45) is 7.05 Å². The molecule has 0 spiro atoms. The quantitative estimate of drug-likeness (QED) is 0.137. The van der Waals surface area contributed by atoms with E-state index in [-0.39, 0.29) is 11.4 Å². The lowest BCUT2D eigenvalue weighted by Crippen LogP contribution is -2.39. The van der Waals surface area contributed by atoms with Crippen LogP contribution in [0, 0.1) is 6.92 Å². The normalized spacial score (nSPS) is 12.2. The lowest BCUT2D eigenvalue weighted by atomic mass is 10.0. The minimum Gasteiger partial charge on any atom is -0.741 e. The van der Waals surface area contributed by atoms with E-state index in [1.54, 1.807) is 24.3 Å². The first-order chi connectivity index (χ1) is 18.6. The highest BCUT2D eigenvalue weighted by Crippen LogP contribution is 2.28. The molecule has 0 aliphatic rings. The summed E-state index contributed by atoms with van der Waals surface area (Å²) < 4.78 is 89.2. The van der Waals surface area contributed by atoms with Gasteiger partial charge in [0.25, 0.3) is 15.9 Å². The predicted molar refractivity (Wildman–Crippen MR) is 143 cm³/mol. The molecule has 214 valence electrons. The Hall–Kier alpha value is -3.55. The molecule has 0 unspecified atom stereocenters. The number of unbranched alkanes of at least 4 members (excludes halogenated alkanes) is 1. The number of alkyl halides is 3. The van der Waals surface area contributed by atoms with Crippen molar-refractivity contribution in [3.05, 3.63) is 83.9 Å². The van der Waals surface area contributed by atoms with Gasteiger partial charge in [-0.05, 0) is 37.6 Å². The van der Waals surface area contributed by atoms with Crippen LogP contribution in [-0.4, -0.2) is 43.7 Å². The maximum atomic E-state index is 14.0. The van der Waals surface area contributed by atoms with E-state index in [0.29, 0.717) is 12.0 Å². The summed E-state index contributed by atoms with van der Waals surface area (Å²) in [6.45, 7) is 4.02. The van der Waals surface area contributed by atoms with Gasteiger partial charge in [-0.1, -0.05) is 55.3 Å². The number of hydrogen-bond donors (Lipinski definition) is 0. The lowest BCUT2D eigenvalue weighted by Gasteiger charge is -2.23. The molecule has 0 bridgehead atoms. The average molecular weight is 597 g/mol. The Morgan fingerprint density at radius 1 is 0.875 bits per heavy atom. The van der Waals surface area contributed by atoms with Gasteiger partial charge in [0.2, 0.25) is 11.0 Å². The Labute approximate surface area is 230 Å². The first kappa shape index (κ1) is 31.0. The zero-order chi connectivity index (χ0) is 29.9. The molecule has 0 aliphatic heterocycles. The van der Waals surface area contributed by atoms with Crippen LogP contribution in [-0.2, 0) is 27.2 Å². The molecule has 8 nitrogen and oxygen atoms in total. The predicted octanol–water partition coefficient (Wildman–Crippen LogP) is 4.81. The van der Waals surface area contributed by atoms with Gasteiger partial charge in [0.1, 0.15) is 7.05 Å². The molecule has 0 radical (unpaired) electrons. The molecule has 3 aromatic carbocycles. The van der Waals surface area contributed by atoms with Crippen molar-refractivity contribution < 1.29 is 43.9 Å².